The molecule has 0 aromatic heterocycles. The molecular weight excluding hydrogens is 339 g/mol. The molecule has 0 unspecified atom stereocenters. The third-order valence-corrected chi connectivity index (χ3v) is 10.9. The zero-order chi connectivity index (χ0) is 16.0. The van der Waals surface area contributed by atoms with E-state index in [2.05, 4.69) is 13.5 Å². The molecule has 0 saturated carbocycles. The van der Waals surface area contributed by atoms with Gasteiger partial charge in [0.25, 0.3) is 0 Å². The van der Waals surface area contributed by atoms with Gasteiger partial charge in [0, 0.05) is 21.3 Å². The average Bonchev–Trinajstić information content (AvgIpc) is 2.48. The molecule has 1 aliphatic heterocycles. The Kier molecular flexibility index (Phi) is 7.75. The number of rotatable bonds is 9. The lowest BCUT2D eigenvalue weighted by molar-refractivity contribution is 0.261. The van der Waals surface area contributed by atoms with Crippen LogP contribution in [0.3, 0.4) is 0 Å². The van der Waals surface area contributed by atoms with Crippen LogP contribution in [0.15, 0.2) is 13.5 Å². The lowest BCUT2D eigenvalue weighted by atomic mass is 10.9. The van der Waals surface area contributed by atoms with Gasteiger partial charge in [0.2, 0.25) is 0 Å². The summed E-state index contributed by atoms with van der Waals surface area (Å²) in [5, 5.41) is 0. The molecule has 0 atom stereocenters. The molecule has 12 heteroatoms. The molecule has 0 saturated heterocycles. The van der Waals surface area contributed by atoms with Gasteiger partial charge in [-0.2, -0.15) is 0 Å². The van der Waals surface area contributed by atoms with E-state index in [1.165, 1.54) is 21.3 Å². The van der Waals surface area contributed by atoms with Gasteiger partial charge in [-0.25, -0.2) is 0 Å². The first-order valence-electron chi connectivity index (χ1n) is 6.51. The molecule has 0 N–H and O–H groups in total. The van der Waals surface area contributed by atoms with Crippen LogP contribution in [0.25, 0.3) is 0 Å². The van der Waals surface area contributed by atoms with Crippen LogP contribution < -0.4 is 0 Å². The summed E-state index contributed by atoms with van der Waals surface area (Å²) < 4.78 is 46.7. The number of nitrogens with zero attached hydrogens (tertiary/aromatic N) is 3. The summed E-state index contributed by atoms with van der Waals surface area (Å²) in [5.74, 6) is 0. The van der Waals surface area contributed by atoms with E-state index in [-0.39, 0.29) is 0 Å². The highest BCUT2D eigenvalue weighted by molar-refractivity contribution is 7.78. The van der Waals surface area contributed by atoms with Crippen LogP contribution in [0.2, 0.25) is 0 Å². The largest absolute Gasteiger partial charge is 0.348 e. The maximum Gasteiger partial charge on any atom is 0.348 e. The molecule has 0 aliphatic carbocycles. The molecule has 0 amide bonds. The zero-order valence-corrected chi connectivity index (χ0v) is 15.9. The van der Waals surface area contributed by atoms with Gasteiger partial charge in [0.15, 0.2) is 0 Å². The summed E-state index contributed by atoms with van der Waals surface area (Å²) >= 11 is 0. The fourth-order valence-electron chi connectivity index (χ4n) is 1.52. The van der Waals surface area contributed by atoms with Gasteiger partial charge >= 0.3 is 23.0 Å². The minimum Gasteiger partial charge on any atom is -0.310 e. The van der Waals surface area contributed by atoms with Gasteiger partial charge in [0.1, 0.15) is 0 Å². The van der Waals surface area contributed by atoms with Crippen LogP contribution >= 0.6 is 23.0 Å². The minimum atomic E-state index is -2.95. The Balaban J connectivity index is 3.61. The van der Waals surface area contributed by atoms with Crippen molar-refractivity contribution in [2.75, 3.05) is 41.2 Å². The Morgan fingerprint density at radius 2 is 0.810 bits per heavy atom. The second-order valence-electron chi connectivity index (χ2n) is 3.54. The van der Waals surface area contributed by atoms with E-state index in [9.17, 15) is 0 Å². The van der Waals surface area contributed by atoms with Crippen molar-refractivity contribution in [1.82, 2.24) is 0 Å². The van der Waals surface area contributed by atoms with Crippen molar-refractivity contribution < 1.29 is 27.1 Å². The fraction of sp³-hybridized carbons (Fsp3) is 1.00. The Hall–Kier alpha value is 0.450. The summed E-state index contributed by atoms with van der Waals surface area (Å²) in [4.78, 5) is 0. The fourth-order valence-corrected chi connectivity index (χ4v) is 10.7. The quantitative estimate of drug-likeness (QED) is 0.542. The molecule has 0 aromatic rings. The lowest BCUT2D eigenvalue weighted by Gasteiger charge is -2.31. The first-order chi connectivity index (χ1) is 9.99. The normalized spacial score (nSPS) is 35.7. The molecular formula is C9H24N3O6P3. The summed E-state index contributed by atoms with van der Waals surface area (Å²) in [7, 11) is -4.41. The molecule has 0 aromatic carbocycles. The molecule has 0 spiro atoms. The molecule has 126 valence electrons. The van der Waals surface area contributed by atoms with E-state index in [4.69, 9.17) is 27.1 Å². The van der Waals surface area contributed by atoms with E-state index in [0.717, 1.165) is 0 Å². The molecule has 21 heavy (non-hydrogen) atoms. The van der Waals surface area contributed by atoms with Crippen molar-refractivity contribution >= 4 is 23.0 Å². The van der Waals surface area contributed by atoms with Crippen LogP contribution in [0.1, 0.15) is 20.8 Å². The van der Waals surface area contributed by atoms with Crippen LogP contribution in [0, 0.1) is 0 Å². The monoisotopic (exact) mass is 363 g/mol. The van der Waals surface area contributed by atoms with Crippen LogP contribution in [0.4, 0.5) is 0 Å². The maximum atomic E-state index is 5.66. The van der Waals surface area contributed by atoms with Gasteiger partial charge in [-0.15, -0.1) is 13.5 Å². The molecule has 0 radical (unpaired) electrons. The predicted octanol–water partition coefficient (Wildman–Crippen LogP) is 4.89. The highest BCUT2D eigenvalue weighted by Gasteiger charge is 2.41. The van der Waals surface area contributed by atoms with Crippen molar-refractivity contribution in [2.24, 2.45) is 13.5 Å². The van der Waals surface area contributed by atoms with E-state index in [0.29, 0.717) is 19.8 Å². The standard InChI is InChI=1S/C9H24N3O6P3/c1-7-16-19(13-4)10-20(14-5,17-8-2)12-21(11-19,15-6)18-9-3/h7-9H2,1-6H3. The summed E-state index contributed by atoms with van der Waals surface area (Å²) in [5.41, 5.74) is 0. The Morgan fingerprint density at radius 1 is 0.571 bits per heavy atom. The number of hydrogen-bond donors (Lipinski definition) is 0. The van der Waals surface area contributed by atoms with Gasteiger partial charge in [-0.1, -0.05) is 0 Å². The summed E-state index contributed by atoms with van der Waals surface area (Å²) in [6.45, 7) is 6.62. The van der Waals surface area contributed by atoms with E-state index in [1.807, 2.05) is 20.8 Å². The van der Waals surface area contributed by atoms with Gasteiger partial charge in [0.05, 0.1) is 19.8 Å². The van der Waals surface area contributed by atoms with Crippen molar-refractivity contribution in [3.05, 3.63) is 0 Å². The highest BCUT2D eigenvalue weighted by Crippen LogP contribution is 2.79. The van der Waals surface area contributed by atoms with E-state index in [1.54, 1.807) is 0 Å². The average molecular weight is 363 g/mol. The van der Waals surface area contributed by atoms with Crippen molar-refractivity contribution in [2.45, 2.75) is 20.8 Å². The predicted molar refractivity (Wildman–Crippen MR) is 83.9 cm³/mol. The first-order valence-corrected chi connectivity index (χ1v) is 11.1. The molecule has 0 fully saturated rings. The minimum absolute atomic E-state index is 0.375. The third kappa shape index (κ3) is 4.47. The first kappa shape index (κ1) is 19.5. The van der Waals surface area contributed by atoms with Gasteiger partial charge < -0.3 is 27.1 Å². The maximum absolute atomic E-state index is 5.66. The zero-order valence-electron chi connectivity index (χ0n) is 13.3. The van der Waals surface area contributed by atoms with Gasteiger partial charge in [-0.3, -0.25) is 0 Å². The van der Waals surface area contributed by atoms with Crippen LogP contribution in [-0.2, 0) is 27.1 Å². The smallest absolute Gasteiger partial charge is 0.310 e. The third-order valence-electron chi connectivity index (χ3n) is 2.28. The van der Waals surface area contributed by atoms with E-state index >= 15 is 0 Å². The lowest BCUT2D eigenvalue weighted by Crippen LogP contribution is -2.01. The topological polar surface area (TPSA) is 92.5 Å². The van der Waals surface area contributed by atoms with Crippen molar-refractivity contribution in [1.29, 1.82) is 0 Å². The Labute approximate surface area is 126 Å². The number of hydrogen-bond acceptors (Lipinski definition) is 9. The van der Waals surface area contributed by atoms with E-state index < -0.39 is 23.0 Å². The highest BCUT2D eigenvalue weighted by atomic mass is 31.3. The second-order valence-corrected chi connectivity index (χ2v) is 10.5. The molecule has 0 bridgehead atoms. The van der Waals surface area contributed by atoms with Crippen molar-refractivity contribution in [3.8, 4) is 0 Å². The van der Waals surface area contributed by atoms with Crippen molar-refractivity contribution in [3.63, 3.8) is 0 Å². The molecule has 1 heterocycles. The SMILES string of the molecule is CCOP1(OC)=NP(OC)(OCC)=NP(OC)(OCC)=N1. The molecule has 1 rings (SSSR count). The Bertz CT molecular complexity index is 421. The Morgan fingerprint density at radius 3 is 0.952 bits per heavy atom. The van der Waals surface area contributed by atoms with Crippen LogP contribution in [0.5, 0.6) is 0 Å². The van der Waals surface area contributed by atoms with Crippen LogP contribution in [-0.4, -0.2) is 41.2 Å². The second kappa shape index (κ2) is 8.34. The summed E-state index contributed by atoms with van der Waals surface area (Å²) in [6, 6.07) is 0. The summed E-state index contributed by atoms with van der Waals surface area (Å²) in [6.07, 6.45) is 0. The molecule has 1 aliphatic rings. The van der Waals surface area contributed by atoms with Gasteiger partial charge in [-0.05, 0) is 20.8 Å². The molecule has 9 nitrogen and oxygen atoms in total.